The molecule has 1 atom stereocenters. The van der Waals surface area contributed by atoms with Crippen LogP contribution in [0.15, 0.2) is 23.1 Å². The van der Waals surface area contributed by atoms with E-state index in [9.17, 15) is 23.1 Å². The van der Waals surface area contributed by atoms with Gasteiger partial charge in [0.1, 0.15) is 6.04 Å². The van der Waals surface area contributed by atoms with Crippen molar-refractivity contribution in [3.8, 4) is 0 Å². The first kappa shape index (κ1) is 17.9. The minimum atomic E-state index is -3.84. The van der Waals surface area contributed by atoms with Crippen molar-refractivity contribution in [2.75, 3.05) is 19.6 Å². The number of nitrogens with zero attached hydrogens (tertiary/aromatic N) is 2. The second-order valence-electron chi connectivity index (χ2n) is 6.55. The van der Waals surface area contributed by atoms with Gasteiger partial charge < -0.3 is 10.0 Å². The lowest BCUT2D eigenvalue weighted by molar-refractivity contribution is -0.140. The average Bonchev–Trinajstić information content (AvgIpc) is 2.96. The highest BCUT2D eigenvalue weighted by Crippen LogP contribution is 2.28. The number of rotatable bonds is 3. The van der Waals surface area contributed by atoms with E-state index in [0.29, 0.717) is 38.8 Å². The number of hydrogen-bond donors (Lipinski definition) is 1. The Morgan fingerprint density at radius 1 is 1.12 bits per heavy atom. The molecule has 0 bridgehead atoms. The Bertz CT molecular complexity index is 805. The number of amides is 1. The topological polar surface area (TPSA) is 95.0 Å². The van der Waals surface area contributed by atoms with Crippen molar-refractivity contribution < 1.29 is 23.1 Å². The molecule has 0 radical (unpaired) electrons. The van der Waals surface area contributed by atoms with E-state index in [1.807, 2.05) is 0 Å². The van der Waals surface area contributed by atoms with Crippen LogP contribution in [0.4, 0.5) is 0 Å². The summed E-state index contributed by atoms with van der Waals surface area (Å²) in [6, 6.07) is 4.00. The Hall–Kier alpha value is -1.93. The van der Waals surface area contributed by atoms with E-state index < -0.39 is 22.0 Å². The summed E-state index contributed by atoms with van der Waals surface area (Å²) >= 11 is 0. The molecule has 8 heteroatoms. The molecule has 1 amide bonds. The standard InChI is InChI=1S/C17H22N2O5S/c1-12(20)18-9-6-13-4-5-15(11-14(13)7-10-18)25(23,24)19-8-2-3-16(19)17(21)22/h4-5,11,16H,2-3,6-10H2,1H3,(H,21,22)/t16-/m0/s1. The van der Waals surface area contributed by atoms with E-state index in [1.54, 1.807) is 23.1 Å². The zero-order valence-corrected chi connectivity index (χ0v) is 15.0. The molecule has 0 saturated carbocycles. The van der Waals surface area contributed by atoms with Gasteiger partial charge in [-0.2, -0.15) is 4.31 Å². The van der Waals surface area contributed by atoms with E-state index in [-0.39, 0.29) is 17.3 Å². The largest absolute Gasteiger partial charge is 0.480 e. The van der Waals surface area contributed by atoms with Crippen molar-refractivity contribution in [3.63, 3.8) is 0 Å². The van der Waals surface area contributed by atoms with Crippen molar-refractivity contribution in [3.05, 3.63) is 29.3 Å². The van der Waals surface area contributed by atoms with Crippen LogP contribution >= 0.6 is 0 Å². The lowest BCUT2D eigenvalue weighted by atomic mass is 10.0. The van der Waals surface area contributed by atoms with Crippen LogP contribution in [0.3, 0.4) is 0 Å². The average molecular weight is 366 g/mol. The molecule has 25 heavy (non-hydrogen) atoms. The zero-order chi connectivity index (χ0) is 18.2. The van der Waals surface area contributed by atoms with Gasteiger partial charge in [-0.05, 0) is 48.9 Å². The van der Waals surface area contributed by atoms with Crippen LogP contribution in [-0.2, 0) is 32.5 Å². The summed E-state index contributed by atoms with van der Waals surface area (Å²) < 4.78 is 26.9. The summed E-state index contributed by atoms with van der Waals surface area (Å²) in [6.45, 7) is 2.95. The number of carbonyl (C=O) groups is 2. The number of carboxylic acid groups (broad SMARTS) is 1. The van der Waals surface area contributed by atoms with E-state index >= 15 is 0 Å². The van der Waals surface area contributed by atoms with Crippen molar-refractivity contribution >= 4 is 21.9 Å². The maximum Gasteiger partial charge on any atom is 0.322 e. The van der Waals surface area contributed by atoms with Crippen LogP contribution < -0.4 is 0 Å². The molecule has 1 aromatic rings. The van der Waals surface area contributed by atoms with Gasteiger partial charge in [-0.15, -0.1) is 0 Å². The number of carboxylic acids is 1. The molecule has 7 nitrogen and oxygen atoms in total. The molecule has 2 aliphatic rings. The van der Waals surface area contributed by atoms with Gasteiger partial charge in [0.05, 0.1) is 4.90 Å². The highest BCUT2D eigenvalue weighted by atomic mass is 32.2. The first-order valence-corrected chi connectivity index (χ1v) is 9.86. The molecule has 0 aromatic heterocycles. The summed E-state index contributed by atoms with van der Waals surface area (Å²) in [7, 11) is -3.84. The fourth-order valence-corrected chi connectivity index (χ4v) is 5.29. The molecule has 1 aromatic carbocycles. The minimum absolute atomic E-state index is 0.0158. The Morgan fingerprint density at radius 2 is 1.80 bits per heavy atom. The van der Waals surface area contributed by atoms with Crippen molar-refractivity contribution in [1.82, 2.24) is 9.21 Å². The maximum atomic E-state index is 12.9. The molecule has 136 valence electrons. The summed E-state index contributed by atoms with van der Waals surface area (Å²) in [5.41, 5.74) is 1.95. The van der Waals surface area contributed by atoms with E-state index in [0.717, 1.165) is 15.4 Å². The third-order valence-electron chi connectivity index (χ3n) is 5.02. The van der Waals surface area contributed by atoms with Crippen LogP contribution in [0.1, 0.15) is 30.9 Å². The van der Waals surface area contributed by atoms with Gasteiger partial charge in [-0.3, -0.25) is 9.59 Å². The molecular formula is C17H22N2O5S. The summed E-state index contributed by atoms with van der Waals surface area (Å²) in [5.74, 6) is -1.09. The van der Waals surface area contributed by atoms with Crippen LogP contribution in [0.25, 0.3) is 0 Å². The van der Waals surface area contributed by atoms with Gasteiger partial charge in [-0.1, -0.05) is 6.07 Å². The molecule has 3 rings (SSSR count). The molecule has 0 unspecified atom stereocenters. The van der Waals surface area contributed by atoms with Gasteiger partial charge in [0.15, 0.2) is 0 Å². The lowest BCUT2D eigenvalue weighted by Crippen LogP contribution is -2.40. The predicted octanol–water partition coefficient (Wildman–Crippen LogP) is 0.871. The smallest absolute Gasteiger partial charge is 0.322 e. The summed E-state index contributed by atoms with van der Waals surface area (Å²) in [4.78, 5) is 24.8. The van der Waals surface area contributed by atoms with Crippen LogP contribution in [0.2, 0.25) is 0 Å². The normalized spacial score (nSPS) is 21.6. The van der Waals surface area contributed by atoms with Crippen molar-refractivity contribution in [2.45, 2.75) is 43.5 Å². The SMILES string of the molecule is CC(=O)N1CCc2ccc(S(=O)(=O)N3CCC[C@H]3C(=O)O)cc2CC1. The van der Waals surface area contributed by atoms with Gasteiger partial charge in [0.25, 0.3) is 0 Å². The Balaban J connectivity index is 1.90. The van der Waals surface area contributed by atoms with E-state index in [4.69, 9.17) is 0 Å². The lowest BCUT2D eigenvalue weighted by Gasteiger charge is -2.21. The third kappa shape index (κ3) is 3.41. The molecule has 2 aliphatic heterocycles. The summed E-state index contributed by atoms with van der Waals surface area (Å²) in [6.07, 6.45) is 2.18. The Kier molecular flexibility index (Phi) is 4.83. The quantitative estimate of drug-likeness (QED) is 0.857. The van der Waals surface area contributed by atoms with Gasteiger partial charge in [0.2, 0.25) is 15.9 Å². The number of carbonyl (C=O) groups excluding carboxylic acids is 1. The second kappa shape index (κ2) is 6.76. The monoisotopic (exact) mass is 366 g/mol. The van der Waals surface area contributed by atoms with Crippen molar-refractivity contribution in [1.29, 1.82) is 0 Å². The molecular weight excluding hydrogens is 344 g/mol. The van der Waals surface area contributed by atoms with Gasteiger partial charge in [0, 0.05) is 26.6 Å². The molecule has 1 fully saturated rings. The number of benzene rings is 1. The Morgan fingerprint density at radius 3 is 2.44 bits per heavy atom. The van der Waals surface area contributed by atoms with Crippen LogP contribution in [0.5, 0.6) is 0 Å². The van der Waals surface area contributed by atoms with Crippen molar-refractivity contribution in [2.24, 2.45) is 0 Å². The number of fused-ring (bicyclic) bond motifs is 1. The fraction of sp³-hybridized carbons (Fsp3) is 0.529. The molecule has 2 heterocycles. The molecule has 0 aliphatic carbocycles. The zero-order valence-electron chi connectivity index (χ0n) is 14.1. The van der Waals surface area contributed by atoms with E-state index in [1.165, 1.54) is 6.92 Å². The molecule has 0 spiro atoms. The van der Waals surface area contributed by atoms with E-state index in [2.05, 4.69) is 0 Å². The fourth-order valence-electron chi connectivity index (χ4n) is 3.59. The number of aliphatic carboxylic acids is 1. The Labute approximate surface area is 147 Å². The van der Waals surface area contributed by atoms with Crippen LogP contribution in [-0.4, -0.2) is 60.3 Å². The predicted molar refractivity (Wildman–Crippen MR) is 90.7 cm³/mol. The molecule has 1 N–H and O–H groups in total. The number of sulfonamides is 1. The van der Waals surface area contributed by atoms with Gasteiger partial charge in [-0.25, -0.2) is 8.42 Å². The number of hydrogen-bond acceptors (Lipinski definition) is 4. The maximum absolute atomic E-state index is 12.9. The highest BCUT2D eigenvalue weighted by Gasteiger charge is 2.39. The minimum Gasteiger partial charge on any atom is -0.480 e. The first-order valence-electron chi connectivity index (χ1n) is 8.42. The highest BCUT2D eigenvalue weighted by molar-refractivity contribution is 7.89. The third-order valence-corrected chi connectivity index (χ3v) is 6.92. The molecule has 1 saturated heterocycles. The summed E-state index contributed by atoms with van der Waals surface area (Å²) in [5, 5.41) is 9.26. The second-order valence-corrected chi connectivity index (χ2v) is 8.44. The van der Waals surface area contributed by atoms with Crippen LogP contribution in [0, 0.1) is 0 Å². The first-order chi connectivity index (χ1) is 11.8. The van der Waals surface area contributed by atoms with Gasteiger partial charge >= 0.3 is 5.97 Å².